The maximum atomic E-state index is 3.43. The van der Waals surface area contributed by atoms with Crippen LogP contribution in [0.2, 0.25) is 0 Å². The third-order valence-corrected chi connectivity index (χ3v) is 3.42. The van der Waals surface area contributed by atoms with Crippen molar-refractivity contribution in [2.24, 2.45) is 0 Å². The number of aryl methyl sites for hydroxylation is 1. The van der Waals surface area contributed by atoms with Gasteiger partial charge in [0.15, 0.2) is 0 Å². The van der Waals surface area contributed by atoms with Crippen LogP contribution in [0.1, 0.15) is 11.1 Å². The average Bonchev–Trinajstić information content (AvgIpc) is 2.37. The van der Waals surface area contributed by atoms with E-state index in [-0.39, 0.29) is 0 Å². The van der Waals surface area contributed by atoms with Gasteiger partial charge >= 0.3 is 0 Å². The third kappa shape index (κ3) is 3.53. The van der Waals surface area contributed by atoms with Gasteiger partial charge in [-0.25, -0.2) is 0 Å². The zero-order chi connectivity index (χ0) is 12.1. The summed E-state index contributed by atoms with van der Waals surface area (Å²) in [5.74, 6) is 0. The Bertz CT molecular complexity index is 477. The summed E-state index contributed by atoms with van der Waals surface area (Å²) in [6.45, 7) is 2.98. The molecule has 0 radical (unpaired) electrons. The second-order valence-corrected chi connectivity index (χ2v) is 4.95. The van der Waals surface area contributed by atoms with Crippen LogP contribution in [-0.2, 0) is 6.54 Å². The van der Waals surface area contributed by atoms with Gasteiger partial charge in [-0.2, -0.15) is 0 Å². The number of thioether (sulfide) groups is 1. The minimum atomic E-state index is 0.873. The molecule has 2 rings (SSSR count). The van der Waals surface area contributed by atoms with Crippen molar-refractivity contribution >= 4 is 17.4 Å². The van der Waals surface area contributed by atoms with Crippen LogP contribution in [-0.4, -0.2) is 6.26 Å². The van der Waals surface area contributed by atoms with Crippen molar-refractivity contribution in [2.75, 3.05) is 11.6 Å². The zero-order valence-electron chi connectivity index (χ0n) is 10.2. The Kier molecular flexibility index (Phi) is 4.10. The quantitative estimate of drug-likeness (QED) is 0.802. The summed E-state index contributed by atoms with van der Waals surface area (Å²) in [6, 6.07) is 17.1. The predicted octanol–water partition coefficient (Wildman–Crippen LogP) is 4.33. The average molecular weight is 243 g/mol. The molecule has 1 N–H and O–H groups in total. The molecule has 0 fully saturated rings. The lowest BCUT2D eigenvalue weighted by molar-refractivity contribution is 1.14. The molecule has 0 aromatic heterocycles. The number of rotatable bonds is 4. The van der Waals surface area contributed by atoms with Crippen molar-refractivity contribution in [3.63, 3.8) is 0 Å². The molecule has 88 valence electrons. The minimum Gasteiger partial charge on any atom is -0.381 e. The van der Waals surface area contributed by atoms with Gasteiger partial charge in [-0.1, -0.05) is 24.3 Å². The topological polar surface area (TPSA) is 12.0 Å². The highest BCUT2D eigenvalue weighted by atomic mass is 32.2. The molecule has 0 atom stereocenters. The van der Waals surface area contributed by atoms with Gasteiger partial charge in [0.1, 0.15) is 0 Å². The van der Waals surface area contributed by atoms with Gasteiger partial charge in [0.05, 0.1) is 0 Å². The number of hydrogen-bond acceptors (Lipinski definition) is 2. The number of nitrogens with one attached hydrogen (secondary N) is 1. The zero-order valence-corrected chi connectivity index (χ0v) is 11.1. The molecule has 0 spiro atoms. The summed E-state index contributed by atoms with van der Waals surface area (Å²) >= 11 is 1.77. The van der Waals surface area contributed by atoms with Gasteiger partial charge < -0.3 is 5.32 Å². The van der Waals surface area contributed by atoms with E-state index in [0.29, 0.717) is 0 Å². The monoisotopic (exact) mass is 243 g/mol. The van der Waals surface area contributed by atoms with Crippen molar-refractivity contribution in [1.29, 1.82) is 0 Å². The normalized spacial score (nSPS) is 10.2. The lowest BCUT2D eigenvalue weighted by Crippen LogP contribution is -1.99. The molecule has 0 aliphatic heterocycles. The standard InChI is InChI=1S/C15H17NS/c1-12-4-3-5-14(10-12)16-11-13-6-8-15(17-2)9-7-13/h3-10,16H,11H2,1-2H3. The van der Waals surface area contributed by atoms with Crippen LogP contribution in [0.25, 0.3) is 0 Å². The van der Waals surface area contributed by atoms with E-state index in [0.717, 1.165) is 6.54 Å². The van der Waals surface area contributed by atoms with E-state index in [1.807, 2.05) is 0 Å². The molecule has 0 aliphatic carbocycles. The Hall–Kier alpha value is -1.41. The van der Waals surface area contributed by atoms with Crippen LogP contribution >= 0.6 is 11.8 Å². The van der Waals surface area contributed by atoms with Crippen LogP contribution in [0.3, 0.4) is 0 Å². The molecule has 2 aromatic rings. The number of benzene rings is 2. The van der Waals surface area contributed by atoms with E-state index >= 15 is 0 Å². The fraction of sp³-hybridized carbons (Fsp3) is 0.200. The molecule has 0 unspecified atom stereocenters. The molecular weight excluding hydrogens is 226 g/mol. The Morgan fingerprint density at radius 1 is 1.06 bits per heavy atom. The second kappa shape index (κ2) is 5.78. The van der Waals surface area contributed by atoms with E-state index < -0.39 is 0 Å². The molecule has 2 aromatic carbocycles. The molecule has 0 bridgehead atoms. The Balaban J connectivity index is 1.97. The van der Waals surface area contributed by atoms with Crippen molar-refractivity contribution in [3.8, 4) is 0 Å². The van der Waals surface area contributed by atoms with E-state index in [9.17, 15) is 0 Å². The fourth-order valence-corrected chi connectivity index (χ4v) is 2.11. The first-order chi connectivity index (χ1) is 8.28. The number of hydrogen-bond donors (Lipinski definition) is 1. The highest BCUT2D eigenvalue weighted by Gasteiger charge is 1.95. The maximum absolute atomic E-state index is 3.43. The van der Waals surface area contributed by atoms with Crippen LogP contribution in [0, 0.1) is 6.92 Å². The Morgan fingerprint density at radius 3 is 2.47 bits per heavy atom. The van der Waals surface area contributed by atoms with Gasteiger partial charge in [0.2, 0.25) is 0 Å². The summed E-state index contributed by atoms with van der Waals surface area (Å²) in [7, 11) is 0. The Labute approximate surface area is 107 Å². The molecule has 0 aliphatic rings. The van der Waals surface area contributed by atoms with Gasteiger partial charge in [-0.05, 0) is 48.6 Å². The van der Waals surface area contributed by atoms with Crippen LogP contribution in [0.4, 0.5) is 5.69 Å². The molecule has 17 heavy (non-hydrogen) atoms. The summed E-state index contributed by atoms with van der Waals surface area (Å²) in [5, 5.41) is 3.43. The SMILES string of the molecule is CSc1ccc(CNc2cccc(C)c2)cc1. The maximum Gasteiger partial charge on any atom is 0.0400 e. The van der Waals surface area contributed by atoms with E-state index in [1.54, 1.807) is 11.8 Å². The van der Waals surface area contributed by atoms with Crippen LogP contribution in [0.15, 0.2) is 53.4 Å². The molecule has 0 saturated carbocycles. The summed E-state index contributed by atoms with van der Waals surface area (Å²) in [6.07, 6.45) is 2.10. The first kappa shape index (κ1) is 12.1. The van der Waals surface area contributed by atoms with Crippen molar-refractivity contribution in [3.05, 3.63) is 59.7 Å². The molecule has 0 amide bonds. The van der Waals surface area contributed by atoms with E-state index in [1.165, 1.54) is 21.7 Å². The minimum absolute atomic E-state index is 0.873. The van der Waals surface area contributed by atoms with Crippen molar-refractivity contribution in [2.45, 2.75) is 18.4 Å². The third-order valence-electron chi connectivity index (χ3n) is 2.67. The van der Waals surface area contributed by atoms with Crippen molar-refractivity contribution in [1.82, 2.24) is 0 Å². The van der Waals surface area contributed by atoms with Gasteiger partial charge in [-0.3, -0.25) is 0 Å². The smallest absolute Gasteiger partial charge is 0.0400 e. The molecule has 0 heterocycles. The van der Waals surface area contributed by atoms with Gasteiger partial charge in [0.25, 0.3) is 0 Å². The molecule has 2 heteroatoms. The lowest BCUT2D eigenvalue weighted by atomic mass is 10.2. The predicted molar refractivity (Wildman–Crippen MR) is 76.7 cm³/mol. The largest absolute Gasteiger partial charge is 0.381 e. The van der Waals surface area contributed by atoms with Gasteiger partial charge in [-0.15, -0.1) is 11.8 Å². The summed E-state index contributed by atoms with van der Waals surface area (Å²) in [5.41, 5.74) is 3.77. The summed E-state index contributed by atoms with van der Waals surface area (Å²) < 4.78 is 0. The highest BCUT2D eigenvalue weighted by molar-refractivity contribution is 7.98. The second-order valence-electron chi connectivity index (χ2n) is 4.07. The van der Waals surface area contributed by atoms with Crippen LogP contribution in [0.5, 0.6) is 0 Å². The van der Waals surface area contributed by atoms with Gasteiger partial charge in [0, 0.05) is 17.1 Å². The van der Waals surface area contributed by atoms with E-state index in [4.69, 9.17) is 0 Å². The molecule has 0 saturated heterocycles. The summed E-state index contributed by atoms with van der Waals surface area (Å²) in [4.78, 5) is 1.31. The lowest BCUT2D eigenvalue weighted by Gasteiger charge is -2.07. The highest BCUT2D eigenvalue weighted by Crippen LogP contribution is 2.16. The molecule has 1 nitrogen and oxygen atoms in total. The van der Waals surface area contributed by atoms with Crippen LogP contribution < -0.4 is 5.32 Å². The Morgan fingerprint density at radius 2 is 1.82 bits per heavy atom. The first-order valence-electron chi connectivity index (χ1n) is 5.71. The first-order valence-corrected chi connectivity index (χ1v) is 6.94. The molecular formula is C15H17NS. The fourth-order valence-electron chi connectivity index (χ4n) is 1.70. The van der Waals surface area contributed by atoms with E-state index in [2.05, 4.69) is 67.0 Å². The number of anilines is 1. The van der Waals surface area contributed by atoms with Crippen molar-refractivity contribution < 1.29 is 0 Å².